The number of nitrogens with one attached hydrogen (secondary N) is 1. The molecular formula is C15H23FN2. The Morgan fingerprint density at radius 1 is 1.39 bits per heavy atom. The number of piperidine rings is 1. The quantitative estimate of drug-likeness (QED) is 0.886. The predicted molar refractivity (Wildman–Crippen MR) is 74.4 cm³/mol. The average Bonchev–Trinajstić information content (AvgIpc) is 2.30. The molecule has 0 spiro atoms. The van der Waals surface area contributed by atoms with E-state index in [2.05, 4.69) is 24.1 Å². The largest absolute Gasteiger partial charge is 0.371 e. The zero-order valence-electron chi connectivity index (χ0n) is 11.6. The van der Waals surface area contributed by atoms with Crippen LogP contribution in [0.15, 0.2) is 18.2 Å². The smallest absolute Gasteiger partial charge is 0.129 e. The maximum Gasteiger partial charge on any atom is 0.129 e. The zero-order chi connectivity index (χ0) is 13.2. The lowest BCUT2D eigenvalue weighted by atomic mass is 9.84. The molecule has 0 saturated carbocycles. The van der Waals surface area contributed by atoms with Crippen molar-refractivity contribution < 1.29 is 4.39 Å². The predicted octanol–water partition coefficient (Wildman–Crippen LogP) is 3.17. The van der Waals surface area contributed by atoms with E-state index < -0.39 is 0 Å². The lowest BCUT2D eigenvalue weighted by Crippen LogP contribution is -2.40. The summed E-state index contributed by atoms with van der Waals surface area (Å²) in [4.78, 5) is 2.33. The number of hydrogen-bond acceptors (Lipinski definition) is 2. The zero-order valence-corrected chi connectivity index (χ0v) is 11.6. The van der Waals surface area contributed by atoms with Crippen molar-refractivity contribution in [1.29, 1.82) is 0 Å². The second-order valence-electron chi connectivity index (χ2n) is 5.96. The summed E-state index contributed by atoms with van der Waals surface area (Å²) in [6.45, 7) is 7.20. The number of halogens is 1. The minimum Gasteiger partial charge on any atom is -0.371 e. The summed E-state index contributed by atoms with van der Waals surface area (Å²) < 4.78 is 13.9. The first-order valence-electron chi connectivity index (χ1n) is 6.70. The van der Waals surface area contributed by atoms with Crippen LogP contribution >= 0.6 is 0 Å². The fraction of sp³-hybridized carbons (Fsp3) is 0.600. The van der Waals surface area contributed by atoms with Crippen molar-refractivity contribution in [1.82, 2.24) is 5.32 Å². The van der Waals surface area contributed by atoms with Crippen LogP contribution in [-0.4, -0.2) is 20.1 Å². The highest BCUT2D eigenvalue weighted by Crippen LogP contribution is 2.33. The van der Waals surface area contributed by atoms with Gasteiger partial charge in [-0.05, 0) is 37.4 Å². The Balaban J connectivity index is 2.29. The highest BCUT2D eigenvalue weighted by molar-refractivity contribution is 5.54. The summed E-state index contributed by atoms with van der Waals surface area (Å²) in [6.07, 6.45) is 2.43. The van der Waals surface area contributed by atoms with Crippen molar-refractivity contribution in [3.05, 3.63) is 29.6 Å². The molecule has 2 nitrogen and oxygen atoms in total. The Kier molecular flexibility index (Phi) is 3.91. The molecule has 1 aliphatic rings. The molecule has 0 unspecified atom stereocenters. The maximum atomic E-state index is 13.9. The fourth-order valence-corrected chi connectivity index (χ4v) is 2.82. The van der Waals surface area contributed by atoms with E-state index >= 15 is 0 Å². The van der Waals surface area contributed by atoms with E-state index in [4.69, 9.17) is 0 Å². The van der Waals surface area contributed by atoms with E-state index in [0.717, 1.165) is 24.3 Å². The molecule has 1 aliphatic heterocycles. The van der Waals surface area contributed by atoms with Gasteiger partial charge >= 0.3 is 0 Å². The van der Waals surface area contributed by atoms with Crippen LogP contribution in [0.2, 0.25) is 0 Å². The summed E-state index contributed by atoms with van der Waals surface area (Å²) in [6, 6.07) is 5.40. The van der Waals surface area contributed by atoms with Gasteiger partial charge in [0, 0.05) is 30.9 Å². The summed E-state index contributed by atoms with van der Waals surface area (Å²) in [7, 11) is 1.86. The Bertz CT molecular complexity index is 415. The molecular weight excluding hydrogens is 227 g/mol. The first-order chi connectivity index (χ1) is 8.53. The second kappa shape index (κ2) is 5.27. The standard InChI is InChI=1S/C15H23FN2/c1-15(2)8-5-9-18(11-15)14-7-4-6-13(16)12(14)10-17-3/h4,6-7,17H,5,8-11H2,1-3H3. The molecule has 0 aromatic heterocycles. The van der Waals surface area contributed by atoms with Gasteiger partial charge in [-0.3, -0.25) is 0 Å². The second-order valence-corrected chi connectivity index (χ2v) is 5.96. The molecule has 0 radical (unpaired) electrons. The van der Waals surface area contributed by atoms with Gasteiger partial charge in [-0.1, -0.05) is 19.9 Å². The topological polar surface area (TPSA) is 15.3 Å². The first-order valence-corrected chi connectivity index (χ1v) is 6.70. The third-order valence-corrected chi connectivity index (χ3v) is 3.69. The monoisotopic (exact) mass is 250 g/mol. The van der Waals surface area contributed by atoms with Gasteiger partial charge in [0.15, 0.2) is 0 Å². The number of rotatable bonds is 3. The third-order valence-electron chi connectivity index (χ3n) is 3.69. The van der Waals surface area contributed by atoms with E-state index in [1.54, 1.807) is 6.07 Å². The van der Waals surface area contributed by atoms with Crippen molar-refractivity contribution in [2.24, 2.45) is 5.41 Å². The number of anilines is 1. The van der Waals surface area contributed by atoms with Gasteiger partial charge in [0.05, 0.1) is 0 Å². The van der Waals surface area contributed by atoms with Gasteiger partial charge in [0.1, 0.15) is 5.82 Å². The molecule has 1 fully saturated rings. The van der Waals surface area contributed by atoms with Crippen molar-refractivity contribution in [3.8, 4) is 0 Å². The molecule has 0 atom stereocenters. The molecule has 0 bridgehead atoms. The molecule has 18 heavy (non-hydrogen) atoms. The van der Waals surface area contributed by atoms with Crippen LogP contribution < -0.4 is 10.2 Å². The number of nitrogens with zero attached hydrogens (tertiary/aromatic N) is 1. The van der Waals surface area contributed by atoms with E-state index in [1.165, 1.54) is 12.8 Å². The van der Waals surface area contributed by atoms with Crippen LogP contribution in [0, 0.1) is 11.2 Å². The number of benzene rings is 1. The van der Waals surface area contributed by atoms with Gasteiger partial charge in [0.25, 0.3) is 0 Å². The molecule has 1 aromatic carbocycles. The van der Waals surface area contributed by atoms with Gasteiger partial charge < -0.3 is 10.2 Å². The van der Waals surface area contributed by atoms with Crippen LogP contribution in [0.4, 0.5) is 10.1 Å². The Morgan fingerprint density at radius 3 is 2.83 bits per heavy atom. The molecule has 3 heteroatoms. The van der Waals surface area contributed by atoms with E-state index in [0.29, 0.717) is 12.0 Å². The van der Waals surface area contributed by atoms with Crippen molar-refractivity contribution in [3.63, 3.8) is 0 Å². The summed E-state index contributed by atoms with van der Waals surface area (Å²) in [5.74, 6) is -0.106. The van der Waals surface area contributed by atoms with Gasteiger partial charge in [-0.2, -0.15) is 0 Å². The highest BCUT2D eigenvalue weighted by atomic mass is 19.1. The summed E-state index contributed by atoms with van der Waals surface area (Å²) >= 11 is 0. The summed E-state index contributed by atoms with van der Waals surface area (Å²) in [5, 5.41) is 3.06. The van der Waals surface area contributed by atoms with Crippen molar-refractivity contribution in [2.45, 2.75) is 33.2 Å². The minimum absolute atomic E-state index is 0.106. The molecule has 1 heterocycles. The van der Waals surface area contributed by atoms with Crippen LogP contribution in [0.5, 0.6) is 0 Å². The van der Waals surface area contributed by atoms with Gasteiger partial charge in [-0.25, -0.2) is 4.39 Å². The highest BCUT2D eigenvalue weighted by Gasteiger charge is 2.27. The molecule has 1 aromatic rings. The number of hydrogen-bond donors (Lipinski definition) is 1. The van der Waals surface area contributed by atoms with E-state index in [1.807, 2.05) is 19.2 Å². The van der Waals surface area contributed by atoms with E-state index in [9.17, 15) is 4.39 Å². The molecule has 1 N–H and O–H groups in total. The minimum atomic E-state index is -0.106. The Morgan fingerprint density at radius 2 is 2.17 bits per heavy atom. The van der Waals surface area contributed by atoms with Crippen LogP contribution in [0.1, 0.15) is 32.3 Å². The van der Waals surface area contributed by atoms with Crippen LogP contribution in [-0.2, 0) is 6.54 Å². The Labute approximate surface area is 109 Å². The maximum absolute atomic E-state index is 13.9. The SMILES string of the molecule is CNCc1c(F)cccc1N1CCCC(C)(C)C1. The molecule has 100 valence electrons. The molecule has 1 saturated heterocycles. The van der Waals surface area contributed by atoms with E-state index in [-0.39, 0.29) is 5.82 Å². The molecule has 0 aliphatic carbocycles. The average molecular weight is 250 g/mol. The van der Waals surface area contributed by atoms with Crippen molar-refractivity contribution in [2.75, 3.05) is 25.0 Å². The Hall–Kier alpha value is -1.09. The lowest BCUT2D eigenvalue weighted by Gasteiger charge is -2.40. The molecule has 0 amide bonds. The van der Waals surface area contributed by atoms with Gasteiger partial charge in [-0.15, -0.1) is 0 Å². The van der Waals surface area contributed by atoms with Crippen LogP contribution in [0.25, 0.3) is 0 Å². The van der Waals surface area contributed by atoms with Gasteiger partial charge in [0.2, 0.25) is 0 Å². The van der Waals surface area contributed by atoms with Crippen LogP contribution in [0.3, 0.4) is 0 Å². The molecule has 2 rings (SSSR count). The third kappa shape index (κ3) is 2.83. The first kappa shape index (κ1) is 13.3. The lowest BCUT2D eigenvalue weighted by molar-refractivity contribution is 0.292. The van der Waals surface area contributed by atoms with Crippen molar-refractivity contribution >= 4 is 5.69 Å². The fourth-order valence-electron chi connectivity index (χ4n) is 2.82. The normalized spacial score (nSPS) is 19.0. The summed E-state index contributed by atoms with van der Waals surface area (Å²) in [5.41, 5.74) is 2.16.